The van der Waals surface area contributed by atoms with Crippen LogP contribution in [0.3, 0.4) is 0 Å². The number of rotatable bonds is 2. The maximum Gasteiger partial charge on any atom is 0.138 e. The van der Waals surface area contributed by atoms with E-state index in [1.54, 1.807) is 12.1 Å². The van der Waals surface area contributed by atoms with Crippen LogP contribution >= 0.6 is 27.5 Å². The van der Waals surface area contributed by atoms with Crippen molar-refractivity contribution in [3.05, 3.63) is 33.4 Å². The normalized spacial score (nSPS) is 17.4. The number of fused-ring (bicyclic) bond motifs is 1. The Balaban J connectivity index is 2.39. The molecule has 0 radical (unpaired) electrons. The summed E-state index contributed by atoms with van der Waals surface area (Å²) in [6.07, 6.45) is 2.69. The zero-order valence-corrected chi connectivity index (χ0v) is 11.2. The molecule has 1 aliphatic rings. The lowest BCUT2D eigenvalue weighted by molar-refractivity contribution is 0.317. The number of halogens is 3. The van der Waals surface area contributed by atoms with Crippen molar-refractivity contribution in [2.45, 2.75) is 18.5 Å². The van der Waals surface area contributed by atoms with Crippen LogP contribution in [0.2, 0.25) is 5.02 Å². The third kappa shape index (κ3) is 1.54. The van der Waals surface area contributed by atoms with Gasteiger partial charge in [-0.05, 0) is 40.9 Å². The highest BCUT2D eigenvalue weighted by Crippen LogP contribution is 2.55. The molecule has 1 heterocycles. The van der Waals surface area contributed by atoms with E-state index in [1.807, 2.05) is 0 Å². The largest absolute Gasteiger partial charge is 0.277 e. The second kappa shape index (κ2) is 3.56. The van der Waals surface area contributed by atoms with E-state index < -0.39 is 5.67 Å². The molecule has 1 aliphatic carbocycles. The summed E-state index contributed by atoms with van der Waals surface area (Å²) < 4.78 is 14.9. The number of benzene rings is 1. The molecule has 0 saturated heterocycles. The van der Waals surface area contributed by atoms with Crippen LogP contribution in [-0.4, -0.2) is 10.2 Å². The maximum absolute atomic E-state index is 14.3. The molecule has 0 spiro atoms. The van der Waals surface area contributed by atoms with Crippen LogP contribution in [0.5, 0.6) is 0 Å². The van der Waals surface area contributed by atoms with E-state index in [1.165, 1.54) is 0 Å². The summed E-state index contributed by atoms with van der Waals surface area (Å²) in [5.74, 6) is 0. The van der Waals surface area contributed by atoms with Crippen molar-refractivity contribution >= 4 is 44.5 Å². The van der Waals surface area contributed by atoms with Crippen LogP contribution in [-0.2, 0) is 5.67 Å². The number of aromatic nitrogens is 2. The molecule has 1 saturated carbocycles. The first-order valence-corrected chi connectivity index (χ1v) is 6.42. The van der Waals surface area contributed by atoms with E-state index in [2.05, 4.69) is 32.7 Å². The highest BCUT2D eigenvalue weighted by molar-refractivity contribution is 9.10. The summed E-state index contributed by atoms with van der Waals surface area (Å²) in [5, 5.41) is 8.24. The van der Waals surface area contributed by atoms with E-state index in [0.29, 0.717) is 33.6 Å². The fourth-order valence-electron chi connectivity index (χ4n) is 2.05. The zero-order valence-electron chi connectivity index (χ0n) is 8.86. The minimum atomic E-state index is -1.28. The molecule has 0 atom stereocenters. The molecular weight excluding hydrogens is 307 g/mol. The van der Waals surface area contributed by atoms with Crippen molar-refractivity contribution in [1.29, 1.82) is 0 Å². The molecule has 1 fully saturated rings. The molecular formula is C12H9BrClFN2. The van der Waals surface area contributed by atoms with Crippen molar-refractivity contribution in [2.75, 3.05) is 0 Å². The van der Waals surface area contributed by atoms with Crippen molar-refractivity contribution in [3.63, 3.8) is 0 Å². The van der Waals surface area contributed by atoms with E-state index in [-0.39, 0.29) is 0 Å². The van der Waals surface area contributed by atoms with Crippen molar-refractivity contribution in [2.24, 2.45) is 0 Å². The lowest BCUT2D eigenvalue weighted by Gasteiger charge is -2.11. The minimum absolute atomic E-state index is 0.434. The fourth-order valence-corrected chi connectivity index (χ4v) is 3.52. The Morgan fingerprint density at radius 2 is 2.29 bits per heavy atom. The second-order valence-electron chi connectivity index (χ2n) is 4.25. The predicted molar refractivity (Wildman–Crippen MR) is 70.9 cm³/mol. The van der Waals surface area contributed by atoms with Crippen LogP contribution in [0.15, 0.2) is 17.1 Å². The van der Waals surface area contributed by atoms with Crippen molar-refractivity contribution in [3.8, 4) is 0 Å². The number of alkyl halides is 1. The SMILES string of the molecule is C=Cc1n[nH]c2cc(Cl)c(C3(F)CC3)c(Br)c12. The molecule has 5 heteroatoms. The third-order valence-electron chi connectivity index (χ3n) is 3.10. The Labute approximate surface area is 111 Å². The Kier molecular flexibility index (Phi) is 2.35. The minimum Gasteiger partial charge on any atom is -0.277 e. The van der Waals surface area contributed by atoms with Crippen molar-refractivity contribution < 1.29 is 4.39 Å². The average Bonchev–Trinajstić information content (AvgIpc) is 2.88. The number of nitrogens with zero attached hydrogens (tertiary/aromatic N) is 1. The first-order chi connectivity index (χ1) is 8.07. The summed E-state index contributed by atoms with van der Waals surface area (Å²) in [6, 6.07) is 1.72. The first-order valence-electron chi connectivity index (χ1n) is 5.25. The summed E-state index contributed by atoms with van der Waals surface area (Å²) in [6.45, 7) is 3.69. The van der Waals surface area contributed by atoms with Crippen LogP contribution in [0.4, 0.5) is 4.39 Å². The molecule has 1 N–H and O–H groups in total. The van der Waals surface area contributed by atoms with Gasteiger partial charge in [-0.1, -0.05) is 18.2 Å². The maximum atomic E-state index is 14.3. The van der Waals surface area contributed by atoms with Gasteiger partial charge in [0, 0.05) is 15.4 Å². The summed E-state index contributed by atoms with van der Waals surface area (Å²) in [4.78, 5) is 0. The quantitative estimate of drug-likeness (QED) is 0.863. The van der Waals surface area contributed by atoms with Gasteiger partial charge in [-0.25, -0.2) is 4.39 Å². The van der Waals surface area contributed by atoms with Gasteiger partial charge in [-0.2, -0.15) is 5.10 Å². The highest BCUT2D eigenvalue weighted by Gasteiger charge is 2.48. The summed E-state index contributed by atoms with van der Waals surface area (Å²) >= 11 is 9.59. The molecule has 17 heavy (non-hydrogen) atoms. The lowest BCUT2D eigenvalue weighted by atomic mass is 10.1. The summed E-state index contributed by atoms with van der Waals surface area (Å²) in [5.41, 5.74) is 0.745. The van der Waals surface area contributed by atoms with Gasteiger partial charge in [0.2, 0.25) is 0 Å². The number of nitrogens with one attached hydrogen (secondary N) is 1. The van der Waals surface area contributed by atoms with E-state index in [4.69, 9.17) is 11.6 Å². The zero-order chi connectivity index (χ0) is 12.2. The molecule has 0 bridgehead atoms. The van der Waals surface area contributed by atoms with Gasteiger partial charge in [-0.15, -0.1) is 0 Å². The van der Waals surface area contributed by atoms with E-state index in [0.717, 1.165) is 10.9 Å². The Morgan fingerprint density at radius 3 is 2.88 bits per heavy atom. The molecule has 2 aromatic rings. The van der Waals surface area contributed by atoms with Gasteiger partial charge in [0.25, 0.3) is 0 Å². The van der Waals surface area contributed by atoms with E-state index >= 15 is 0 Å². The van der Waals surface area contributed by atoms with Gasteiger partial charge < -0.3 is 0 Å². The van der Waals surface area contributed by atoms with Gasteiger partial charge in [0.05, 0.1) is 16.2 Å². The molecule has 0 unspecified atom stereocenters. The topological polar surface area (TPSA) is 28.7 Å². The fraction of sp³-hybridized carbons (Fsp3) is 0.250. The van der Waals surface area contributed by atoms with Crippen LogP contribution in [0.25, 0.3) is 17.0 Å². The average molecular weight is 316 g/mol. The smallest absolute Gasteiger partial charge is 0.138 e. The molecule has 3 rings (SSSR count). The summed E-state index contributed by atoms with van der Waals surface area (Å²) in [7, 11) is 0. The van der Waals surface area contributed by atoms with Gasteiger partial charge in [0.1, 0.15) is 5.67 Å². The Morgan fingerprint density at radius 1 is 1.59 bits per heavy atom. The van der Waals surface area contributed by atoms with E-state index in [9.17, 15) is 4.39 Å². The molecule has 1 aromatic carbocycles. The number of aromatic amines is 1. The van der Waals surface area contributed by atoms with Crippen LogP contribution < -0.4 is 0 Å². The second-order valence-corrected chi connectivity index (χ2v) is 5.45. The highest BCUT2D eigenvalue weighted by atomic mass is 79.9. The van der Waals surface area contributed by atoms with Crippen LogP contribution in [0.1, 0.15) is 24.1 Å². The molecule has 0 aliphatic heterocycles. The van der Waals surface area contributed by atoms with Gasteiger partial charge in [-0.3, -0.25) is 5.10 Å². The monoisotopic (exact) mass is 314 g/mol. The number of hydrogen-bond acceptors (Lipinski definition) is 1. The third-order valence-corrected chi connectivity index (χ3v) is 4.19. The molecule has 0 amide bonds. The standard InChI is InChI=1S/C12H9BrClFN2/c1-2-7-9-8(17-16-7)5-6(14)10(11(9)13)12(15)3-4-12/h2,5H,1,3-4H2,(H,16,17). The molecule has 1 aromatic heterocycles. The molecule has 2 nitrogen and oxygen atoms in total. The number of H-pyrrole nitrogens is 1. The lowest BCUT2D eigenvalue weighted by Crippen LogP contribution is -2.00. The number of hydrogen-bond donors (Lipinski definition) is 1. The Hall–Kier alpha value is -0.870. The van der Waals surface area contributed by atoms with Gasteiger partial charge >= 0.3 is 0 Å². The Bertz CT molecular complexity index is 631. The predicted octanol–water partition coefficient (Wildman–Crippen LogP) is 4.58. The van der Waals surface area contributed by atoms with Crippen LogP contribution in [0, 0.1) is 0 Å². The van der Waals surface area contributed by atoms with Crippen molar-refractivity contribution in [1.82, 2.24) is 10.2 Å². The van der Waals surface area contributed by atoms with Gasteiger partial charge in [0.15, 0.2) is 0 Å². The first kappa shape index (κ1) is 11.2. The molecule has 88 valence electrons.